The highest BCUT2D eigenvalue weighted by Gasteiger charge is 2.22. The highest BCUT2D eigenvalue weighted by atomic mass is 19.1. The summed E-state index contributed by atoms with van der Waals surface area (Å²) in [4.78, 5) is 11.1. The van der Waals surface area contributed by atoms with Crippen molar-refractivity contribution < 1.29 is 13.9 Å². The van der Waals surface area contributed by atoms with E-state index in [4.69, 9.17) is 4.79 Å². The normalized spacial score (nSPS) is 22.4. The van der Waals surface area contributed by atoms with Crippen molar-refractivity contribution in [2.45, 2.75) is 32.5 Å². The van der Waals surface area contributed by atoms with Crippen LogP contribution in [0.2, 0.25) is 0 Å². The van der Waals surface area contributed by atoms with Crippen LogP contribution in [-0.4, -0.2) is 43.8 Å². The summed E-state index contributed by atoms with van der Waals surface area (Å²) in [5.41, 5.74) is 0. The van der Waals surface area contributed by atoms with Crippen LogP contribution in [-0.2, 0) is 9.53 Å². The second-order valence-corrected chi connectivity index (χ2v) is 3.31. The highest BCUT2D eigenvalue weighted by Crippen LogP contribution is 2.14. The first-order valence-electron chi connectivity index (χ1n) is 4.46. The number of carbonyl (C=O) groups is 1. The van der Waals surface area contributed by atoms with Crippen LogP contribution in [0.3, 0.4) is 0 Å². The zero-order valence-corrected chi connectivity index (χ0v) is 8.50. The van der Waals surface area contributed by atoms with Crippen LogP contribution in [0.25, 0.3) is 0 Å². The Balaban J connectivity index is 0.000000310. The summed E-state index contributed by atoms with van der Waals surface area (Å²) >= 11 is 0. The highest BCUT2D eigenvalue weighted by molar-refractivity contribution is 5.36. The summed E-state index contributed by atoms with van der Waals surface area (Å²) in [7, 11) is 1.31. The first kappa shape index (κ1) is 12.4. The van der Waals surface area contributed by atoms with Crippen molar-refractivity contribution in [1.82, 2.24) is 4.90 Å². The van der Waals surface area contributed by atoms with Crippen molar-refractivity contribution in [1.29, 1.82) is 0 Å². The summed E-state index contributed by atoms with van der Waals surface area (Å²) < 4.78 is 16.4. The van der Waals surface area contributed by atoms with Crippen molar-refractivity contribution >= 4 is 6.47 Å². The molecule has 1 heterocycles. The minimum absolute atomic E-state index is 0.375. The fourth-order valence-electron chi connectivity index (χ4n) is 1.21. The topological polar surface area (TPSA) is 29.5 Å². The van der Waals surface area contributed by atoms with Crippen molar-refractivity contribution in [2.75, 3.05) is 20.2 Å². The van der Waals surface area contributed by atoms with Gasteiger partial charge in [0.05, 0.1) is 7.11 Å². The van der Waals surface area contributed by atoms with Gasteiger partial charge in [0.25, 0.3) is 6.47 Å². The van der Waals surface area contributed by atoms with Crippen molar-refractivity contribution in [3.05, 3.63) is 0 Å². The summed E-state index contributed by atoms with van der Waals surface area (Å²) in [6, 6.07) is 0.519. The van der Waals surface area contributed by atoms with Crippen molar-refractivity contribution in [3.63, 3.8) is 0 Å². The molecule has 0 amide bonds. The van der Waals surface area contributed by atoms with Crippen LogP contribution in [0.15, 0.2) is 0 Å². The number of likely N-dealkylation sites (tertiary alicyclic amines) is 1. The third-order valence-corrected chi connectivity index (χ3v) is 1.99. The van der Waals surface area contributed by atoms with Gasteiger partial charge in [0.1, 0.15) is 6.17 Å². The Labute approximate surface area is 78.9 Å². The lowest BCUT2D eigenvalue weighted by atomic mass is 10.3. The minimum Gasteiger partial charge on any atom is -0.471 e. The molecule has 1 saturated heterocycles. The monoisotopic (exact) mass is 191 g/mol. The molecule has 0 aliphatic carbocycles. The van der Waals surface area contributed by atoms with Gasteiger partial charge in [-0.3, -0.25) is 9.69 Å². The van der Waals surface area contributed by atoms with Crippen LogP contribution < -0.4 is 0 Å². The van der Waals surface area contributed by atoms with Gasteiger partial charge in [-0.25, -0.2) is 4.39 Å². The number of hydrogen-bond acceptors (Lipinski definition) is 3. The van der Waals surface area contributed by atoms with Crippen LogP contribution in [0.4, 0.5) is 4.39 Å². The van der Waals surface area contributed by atoms with E-state index >= 15 is 0 Å². The molecule has 0 aromatic rings. The first-order valence-corrected chi connectivity index (χ1v) is 4.46. The Kier molecular flexibility index (Phi) is 6.49. The van der Waals surface area contributed by atoms with E-state index in [1.165, 1.54) is 7.11 Å². The second kappa shape index (κ2) is 6.83. The molecule has 0 bridgehead atoms. The number of halogens is 1. The number of rotatable bonds is 2. The predicted molar refractivity (Wildman–Crippen MR) is 49.3 cm³/mol. The Morgan fingerprint density at radius 2 is 2.15 bits per heavy atom. The van der Waals surface area contributed by atoms with E-state index in [2.05, 4.69) is 23.5 Å². The molecular weight excluding hydrogens is 173 g/mol. The van der Waals surface area contributed by atoms with E-state index in [0.717, 1.165) is 13.0 Å². The van der Waals surface area contributed by atoms with E-state index in [1.807, 2.05) is 0 Å². The molecule has 1 atom stereocenters. The largest absolute Gasteiger partial charge is 0.471 e. The van der Waals surface area contributed by atoms with Gasteiger partial charge in [-0.1, -0.05) is 0 Å². The van der Waals surface area contributed by atoms with E-state index < -0.39 is 6.17 Å². The molecule has 1 fully saturated rings. The van der Waals surface area contributed by atoms with Gasteiger partial charge in [-0.2, -0.15) is 0 Å². The minimum atomic E-state index is -0.563. The Hall–Kier alpha value is -0.640. The third-order valence-electron chi connectivity index (χ3n) is 1.99. The Bertz CT molecular complexity index is 142. The predicted octanol–water partition coefficient (Wildman–Crippen LogP) is 1.23. The van der Waals surface area contributed by atoms with Gasteiger partial charge in [-0.05, 0) is 20.3 Å². The summed E-state index contributed by atoms with van der Waals surface area (Å²) in [5, 5.41) is 0. The summed E-state index contributed by atoms with van der Waals surface area (Å²) in [6.07, 6.45) is 0.172. The number of nitrogens with zero attached hydrogens (tertiary/aromatic N) is 1. The standard InChI is InChI=1S/C7H14FN.C2H4O2/c1-6(2)9-4-3-7(8)5-9;1-4-2-3/h6-7H,3-5H2,1-2H3;2H,1H3. The van der Waals surface area contributed by atoms with E-state index in [9.17, 15) is 4.39 Å². The molecule has 0 aromatic heterocycles. The average molecular weight is 191 g/mol. The van der Waals surface area contributed by atoms with Crippen molar-refractivity contribution in [2.24, 2.45) is 0 Å². The molecule has 78 valence electrons. The number of methoxy groups -OCH3 is 1. The van der Waals surface area contributed by atoms with Gasteiger partial charge < -0.3 is 4.74 Å². The average Bonchev–Trinajstić information content (AvgIpc) is 2.52. The van der Waals surface area contributed by atoms with Crippen LogP contribution in [0.5, 0.6) is 0 Å². The Morgan fingerprint density at radius 1 is 1.62 bits per heavy atom. The molecule has 1 aliphatic heterocycles. The lowest BCUT2D eigenvalue weighted by molar-refractivity contribution is -0.126. The third kappa shape index (κ3) is 5.58. The van der Waals surface area contributed by atoms with E-state index in [0.29, 0.717) is 19.1 Å². The molecule has 1 unspecified atom stereocenters. The smallest absolute Gasteiger partial charge is 0.292 e. The van der Waals surface area contributed by atoms with Crippen LogP contribution in [0, 0.1) is 0 Å². The van der Waals surface area contributed by atoms with Crippen molar-refractivity contribution in [3.8, 4) is 0 Å². The maximum absolute atomic E-state index is 12.5. The zero-order valence-electron chi connectivity index (χ0n) is 8.50. The second-order valence-electron chi connectivity index (χ2n) is 3.31. The van der Waals surface area contributed by atoms with E-state index in [1.54, 1.807) is 0 Å². The van der Waals surface area contributed by atoms with Gasteiger partial charge in [0.15, 0.2) is 0 Å². The number of carbonyl (C=O) groups excluding carboxylic acids is 1. The number of hydrogen-bond donors (Lipinski definition) is 0. The summed E-state index contributed by atoms with van der Waals surface area (Å²) in [5.74, 6) is 0. The number of ether oxygens (including phenoxy) is 1. The summed E-state index contributed by atoms with van der Waals surface area (Å²) in [6.45, 7) is 6.19. The molecule has 0 saturated carbocycles. The molecule has 3 nitrogen and oxygen atoms in total. The quantitative estimate of drug-likeness (QED) is 0.615. The molecule has 1 rings (SSSR count). The molecule has 0 aromatic carbocycles. The SMILES string of the molecule is CC(C)N1CCC(F)C1.COC=O. The van der Waals surface area contributed by atoms with Gasteiger partial charge >= 0.3 is 0 Å². The molecule has 0 radical (unpaired) electrons. The van der Waals surface area contributed by atoms with E-state index in [-0.39, 0.29) is 0 Å². The molecular formula is C9H18FNO2. The number of alkyl halides is 1. The fourth-order valence-corrected chi connectivity index (χ4v) is 1.21. The van der Waals surface area contributed by atoms with Gasteiger partial charge in [0.2, 0.25) is 0 Å². The first-order chi connectivity index (χ1) is 6.11. The molecule has 0 N–H and O–H groups in total. The molecule has 4 heteroatoms. The maximum Gasteiger partial charge on any atom is 0.292 e. The maximum atomic E-state index is 12.5. The zero-order chi connectivity index (χ0) is 10.3. The van der Waals surface area contributed by atoms with Crippen LogP contribution >= 0.6 is 0 Å². The lowest BCUT2D eigenvalue weighted by Gasteiger charge is -2.18. The lowest BCUT2D eigenvalue weighted by Crippen LogP contribution is -2.28. The molecule has 0 spiro atoms. The van der Waals surface area contributed by atoms with Gasteiger partial charge in [0, 0.05) is 19.1 Å². The van der Waals surface area contributed by atoms with Crippen LogP contribution in [0.1, 0.15) is 20.3 Å². The van der Waals surface area contributed by atoms with Gasteiger partial charge in [-0.15, -0.1) is 0 Å². The molecule has 1 aliphatic rings. The fraction of sp³-hybridized carbons (Fsp3) is 0.889. The Morgan fingerprint density at radius 3 is 2.31 bits per heavy atom. The molecule has 13 heavy (non-hydrogen) atoms.